The van der Waals surface area contributed by atoms with E-state index < -0.39 is 0 Å². The first-order valence-electron chi connectivity index (χ1n) is 9.96. The fourth-order valence-corrected chi connectivity index (χ4v) is 3.20. The Kier molecular flexibility index (Phi) is 9.65. The van der Waals surface area contributed by atoms with Gasteiger partial charge in [-0.3, -0.25) is 0 Å². The lowest BCUT2D eigenvalue weighted by Gasteiger charge is -2.18. The van der Waals surface area contributed by atoms with E-state index in [1.807, 2.05) is 24.3 Å². The summed E-state index contributed by atoms with van der Waals surface area (Å²) in [4.78, 5) is 0. The largest absolute Gasteiger partial charge is 0.493 e. The van der Waals surface area contributed by atoms with Crippen molar-refractivity contribution in [1.29, 1.82) is 0 Å². The number of para-hydroxylation sites is 1. The number of rotatable bonds is 10. The van der Waals surface area contributed by atoms with E-state index in [0.717, 1.165) is 18.4 Å². The summed E-state index contributed by atoms with van der Waals surface area (Å²) in [5.74, 6) is 1.04. The maximum absolute atomic E-state index is 13.9. The molecule has 1 atom stereocenters. The smallest absolute Gasteiger partial charge is 0.166 e. The Balaban J connectivity index is 0.00000320. The van der Waals surface area contributed by atoms with Crippen LogP contribution < -0.4 is 14.8 Å². The van der Waals surface area contributed by atoms with Crippen LogP contribution in [0.1, 0.15) is 30.0 Å². The third-order valence-electron chi connectivity index (χ3n) is 4.96. The summed E-state index contributed by atoms with van der Waals surface area (Å²) in [7, 11) is 1.62. The van der Waals surface area contributed by atoms with E-state index in [2.05, 4.69) is 36.5 Å². The number of halogens is 2. The zero-order chi connectivity index (χ0) is 20.5. The van der Waals surface area contributed by atoms with E-state index in [9.17, 15) is 4.39 Å². The highest BCUT2D eigenvalue weighted by atomic mass is 35.5. The number of methoxy groups -OCH3 is 1. The van der Waals surface area contributed by atoms with Gasteiger partial charge in [-0.2, -0.15) is 0 Å². The second-order valence-electron chi connectivity index (χ2n) is 7.13. The normalized spacial score (nSPS) is 11.4. The van der Waals surface area contributed by atoms with Crippen molar-refractivity contribution >= 4 is 12.4 Å². The van der Waals surface area contributed by atoms with Crippen molar-refractivity contribution in [3.8, 4) is 11.5 Å². The van der Waals surface area contributed by atoms with Crippen LogP contribution >= 0.6 is 12.4 Å². The van der Waals surface area contributed by atoms with Crippen LogP contribution in [0, 0.1) is 5.82 Å². The molecule has 0 aliphatic heterocycles. The quantitative estimate of drug-likeness (QED) is 0.432. The van der Waals surface area contributed by atoms with E-state index >= 15 is 0 Å². The standard InChI is InChI=1S/C25H28FNO2.ClH/c1-19(15-16-20-9-4-3-5-10-20)27-17-21-12-8-14-24(28-2)25(21)29-18-22-11-6-7-13-23(22)26;/h3-14,19,27H,15-18H2,1-2H3;1H. The van der Waals surface area contributed by atoms with Gasteiger partial charge in [0, 0.05) is 23.7 Å². The molecule has 0 saturated heterocycles. The van der Waals surface area contributed by atoms with Crippen LogP contribution in [-0.4, -0.2) is 13.2 Å². The fourth-order valence-electron chi connectivity index (χ4n) is 3.20. The zero-order valence-corrected chi connectivity index (χ0v) is 18.3. The lowest BCUT2D eigenvalue weighted by molar-refractivity contribution is 0.275. The van der Waals surface area contributed by atoms with E-state index in [1.54, 1.807) is 25.3 Å². The van der Waals surface area contributed by atoms with Crippen LogP contribution in [0.25, 0.3) is 0 Å². The van der Waals surface area contributed by atoms with Gasteiger partial charge in [0.1, 0.15) is 12.4 Å². The average Bonchev–Trinajstić information content (AvgIpc) is 2.76. The Morgan fingerprint density at radius 2 is 1.60 bits per heavy atom. The molecule has 1 unspecified atom stereocenters. The molecular weight excluding hydrogens is 401 g/mol. The van der Waals surface area contributed by atoms with Crippen LogP contribution in [0.5, 0.6) is 11.5 Å². The molecule has 0 fully saturated rings. The molecule has 0 bridgehead atoms. The maximum atomic E-state index is 13.9. The highest BCUT2D eigenvalue weighted by Crippen LogP contribution is 2.32. The van der Waals surface area contributed by atoms with Crippen molar-refractivity contribution in [3.63, 3.8) is 0 Å². The van der Waals surface area contributed by atoms with Gasteiger partial charge in [-0.05, 0) is 37.5 Å². The van der Waals surface area contributed by atoms with Gasteiger partial charge < -0.3 is 14.8 Å². The number of ether oxygens (including phenoxy) is 2. The number of aryl methyl sites for hydroxylation is 1. The molecule has 3 aromatic carbocycles. The van der Waals surface area contributed by atoms with Gasteiger partial charge in [-0.25, -0.2) is 4.39 Å². The second-order valence-corrected chi connectivity index (χ2v) is 7.13. The van der Waals surface area contributed by atoms with Crippen LogP contribution in [-0.2, 0) is 19.6 Å². The molecule has 0 amide bonds. The van der Waals surface area contributed by atoms with Gasteiger partial charge in [-0.1, -0.05) is 60.7 Å². The summed E-state index contributed by atoms with van der Waals surface area (Å²) in [5, 5.41) is 3.56. The molecule has 0 saturated carbocycles. The zero-order valence-electron chi connectivity index (χ0n) is 17.4. The predicted octanol–water partition coefficient (Wildman–Crippen LogP) is 5.95. The number of hydrogen-bond acceptors (Lipinski definition) is 3. The first-order valence-corrected chi connectivity index (χ1v) is 9.96. The van der Waals surface area contributed by atoms with Crippen LogP contribution in [0.2, 0.25) is 0 Å². The third kappa shape index (κ3) is 6.75. The van der Waals surface area contributed by atoms with Gasteiger partial charge >= 0.3 is 0 Å². The Labute approximate surface area is 184 Å². The van der Waals surface area contributed by atoms with Gasteiger partial charge in [0.25, 0.3) is 0 Å². The van der Waals surface area contributed by atoms with Crippen molar-refractivity contribution in [2.75, 3.05) is 7.11 Å². The monoisotopic (exact) mass is 429 g/mol. The van der Waals surface area contributed by atoms with Crippen molar-refractivity contribution in [3.05, 3.63) is 95.3 Å². The number of benzene rings is 3. The highest BCUT2D eigenvalue weighted by Gasteiger charge is 2.13. The summed E-state index contributed by atoms with van der Waals surface area (Å²) in [6.07, 6.45) is 2.07. The summed E-state index contributed by atoms with van der Waals surface area (Å²) in [6.45, 7) is 2.99. The molecule has 3 rings (SSSR count). The fraction of sp³-hybridized carbons (Fsp3) is 0.280. The average molecular weight is 430 g/mol. The highest BCUT2D eigenvalue weighted by molar-refractivity contribution is 5.85. The Bertz CT molecular complexity index is 905. The Morgan fingerprint density at radius 3 is 2.33 bits per heavy atom. The molecule has 0 aliphatic rings. The molecule has 0 heterocycles. The van der Waals surface area contributed by atoms with Gasteiger partial charge in [0.15, 0.2) is 11.5 Å². The van der Waals surface area contributed by atoms with E-state index in [0.29, 0.717) is 29.6 Å². The minimum absolute atomic E-state index is 0. The molecule has 3 nitrogen and oxygen atoms in total. The number of nitrogens with one attached hydrogen (secondary N) is 1. The van der Waals surface area contributed by atoms with Gasteiger partial charge in [-0.15, -0.1) is 12.4 Å². The molecular formula is C25H29ClFNO2. The number of hydrogen-bond donors (Lipinski definition) is 1. The minimum atomic E-state index is -0.267. The van der Waals surface area contributed by atoms with E-state index in [4.69, 9.17) is 9.47 Å². The molecule has 30 heavy (non-hydrogen) atoms. The summed E-state index contributed by atoms with van der Waals surface area (Å²) in [5.41, 5.74) is 2.86. The maximum Gasteiger partial charge on any atom is 0.166 e. The van der Waals surface area contributed by atoms with Gasteiger partial charge in [0.05, 0.1) is 7.11 Å². The molecule has 5 heteroatoms. The van der Waals surface area contributed by atoms with Crippen LogP contribution in [0.3, 0.4) is 0 Å². The first-order chi connectivity index (χ1) is 14.2. The predicted molar refractivity (Wildman–Crippen MR) is 122 cm³/mol. The SMILES string of the molecule is COc1cccc(CNC(C)CCc2ccccc2)c1OCc1ccccc1F.Cl. The van der Waals surface area contributed by atoms with Crippen molar-refractivity contribution in [2.24, 2.45) is 0 Å². The summed E-state index contributed by atoms with van der Waals surface area (Å²) >= 11 is 0. The van der Waals surface area contributed by atoms with E-state index in [1.165, 1.54) is 11.6 Å². The summed E-state index contributed by atoms with van der Waals surface area (Å²) in [6, 6.07) is 23.3. The third-order valence-corrected chi connectivity index (χ3v) is 4.96. The second kappa shape index (κ2) is 12.2. The van der Waals surface area contributed by atoms with Crippen molar-refractivity contribution < 1.29 is 13.9 Å². The van der Waals surface area contributed by atoms with E-state index in [-0.39, 0.29) is 24.8 Å². The Morgan fingerprint density at radius 1 is 0.900 bits per heavy atom. The summed E-state index contributed by atoms with van der Waals surface area (Å²) < 4.78 is 25.4. The lowest BCUT2D eigenvalue weighted by Crippen LogP contribution is -2.26. The van der Waals surface area contributed by atoms with Crippen LogP contribution in [0.15, 0.2) is 72.8 Å². The molecule has 0 aliphatic carbocycles. The first kappa shape index (κ1) is 23.7. The van der Waals surface area contributed by atoms with Crippen molar-refractivity contribution in [2.45, 2.75) is 39.0 Å². The molecule has 3 aromatic rings. The molecule has 0 spiro atoms. The molecule has 0 radical (unpaired) electrons. The van der Waals surface area contributed by atoms with Gasteiger partial charge in [0.2, 0.25) is 0 Å². The minimum Gasteiger partial charge on any atom is -0.493 e. The molecule has 160 valence electrons. The molecule has 0 aromatic heterocycles. The van der Waals surface area contributed by atoms with Crippen LogP contribution in [0.4, 0.5) is 4.39 Å². The lowest BCUT2D eigenvalue weighted by atomic mass is 10.1. The topological polar surface area (TPSA) is 30.5 Å². The molecule has 1 N–H and O–H groups in total. The van der Waals surface area contributed by atoms with Crippen molar-refractivity contribution in [1.82, 2.24) is 5.32 Å². The Hall–Kier alpha value is -2.56.